The van der Waals surface area contributed by atoms with E-state index in [1.165, 1.54) is 0 Å². The van der Waals surface area contributed by atoms with Gasteiger partial charge in [-0.3, -0.25) is 9.69 Å². The van der Waals surface area contributed by atoms with Gasteiger partial charge in [-0.15, -0.1) is 0 Å². The number of carbonyl (C=O) groups is 1. The Morgan fingerprint density at radius 1 is 1.31 bits per heavy atom. The van der Waals surface area contributed by atoms with Gasteiger partial charge in [-0.2, -0.15) is 0 Å². The van der Waals surface area contributed by atoms with Gasteiger partial charge in [0.05, 0.1) is 17.8 Å². The normalized spacial score (nSPS) is 17.7. The average Bonchev–Trinajstić information content (AvgIpc) is 3.19. The molecule has 1 N–H and O–H groups in total. The number of pyridine rings is 1. The smallest absolute Gasteiger partial charge is 0.253 e. The van der Waals surface area contributed by atoms with E-state index >= 15 is 0 Å². The van der Waals surface area contributed by atoms with Crippen LogP contribution < -0.4 is 10.2 Å². The molecular formula is C22H33N5O2. The molecule has 7 nitrogen and oxygen atoms in total. The lowest BCUT2D eigenvalue weighted by Gasteiger charge is -2.43. The minimum atomic E-state index is -0.159. The first kappa shape index (κ1) is 21.3. The molecule has 0 radical (unpaired) electrons. The molecule has 29 heavy (non-hydrogen) atoms. The van der Waals surface area contributed by atoms with Crippen molar-refractivity contribution in [3.63, 3.8) is 0 Å². The van der Waals surface area contributed by atoms with E-state index in [9.17, 15) is 4.79 Å². The zero-order chi connectivity index (χ0) is 20.8. The Bertz CT molecular complexity index is 787. The first-order valence-electron chi connectivity index (χ1n) is 10.7. The lowest BCUT2D eigenvalue weighted by molar-refractivity contribution is 0.0946. The van der Waals surface area contributed by atoms with Crippen LogP contribution in [0.3, 0.4) is 0 Å². The highest BCUT2D eigenvalue weighted by Gasteiger charge is 2.28. The molecule has 0 saturated carbocycles. The second-order valence-electron chi connectivity index (χ2n) is 7.96. The topological polar surface area (TPSA) is 74.5 Å². The molecule has 1 saturated heterocycles. The summed E-state index contributed by atoms with van der Waals surface area (Å²) >= 11 is 0. The maximum atomic E-state index is 12.4. The summed E-state index contributed by atoms with van der Waals surface area (Å²) < 4.78 is 5.26. The Morgan fingerprint density at radius 2 is 2.14 bits per heavy atom. The highest BCUT2D eigenvalue weighted by molar-refractivity contribution is 5.93. The number of anilines is 1. The van der Waals surface area contributed by atoms with Gasteiger partial charge < -0.3 is 14.7 Å². The number of amides is 1. The summed E-state index contributed by atoms with van der Waals surface area (Å²) in [6, 6.07) is 6.78. The Hall–Kier alpha value is -2.41. The van der Waals surface area contributed by atoms with Crippen molar-refractivity contribution in [3.8, 4) is 0 Å². The summed E-state index contributed by atoms with van der Waals surface area (Å²) in [5, 5.41) is 6.87. The van der Waals surface area contributed by atoms with E-state index in [0.29, 0.717) is 30.0 Å². The molecule has 0 spiro atoms. The maximum absolute atomic E-state index is 12.4. The number of hydrogen-bond donors (Lipinski definition) is 1. The summed E-state index contributed by atoms with van der Waals surface area (Å²) in [4.78, 5) is 21.9. The summed E-state index contributed by atoms with van der Waals surface area (Å²) in [5.74, 6) is 1.44. The molecule has 1 fully saturated rings. The van der Waals surface area contributed by atoms with Crippen LogP contribution in [0.2, 0.25) is 0 Å². The van der Waals surface area contributed by atoms with Gasteiger partial charge in [0, 0.05) is 44.0 Å². The third-order valence-corrected chi connectivity index (χ3v) is 5.53. The van der Waals surface area contributed by atoms with Gasteiger partial charge >= 0.3 is 0 Å². The molecule has 0 bridgehead atoms. The molecule has 1 amide bonds. The van der Waals surface area contributed by atoms with Crippen LogP contribution in [-0.2, 0) is 13.0 Å². The van der Waals surface area contributed by atoms with Crippen molar-refractivity contribution in [2.45, 2.75) is 65.6 Å². The number of aromatic nitrogens is 2. The molecule has 1 aliphatic heterocycles. The van der Waals surface area contributed by atoms with E-state index in [1.54, 1.807) is 6.20 Å². The van der Waals surface area contributed by atoms with Crippen LogP contribution >= 0.6 is 0 Å². The third kappa shape index (κ3) is 5.35. The van der Waals surface area contributed by atoms with Crippen molar-refractivity contribution < 1.29 is 9.32 Å². The SMILES string of the molecule is CCCc1cc(CNC(=O)c2ccc(N3CCN(C(C)C)C(CC)C3)nc2)on1. The first-order chi connectivity index (χ1) is 14.0. The molecule has 1 unspecified atom stereocenters. The molecule has 0 aromatic carbocycles. The van der Waals surface area contributed by atoms with Crippen LogP contribution in [0, 0.1) is 0 Å². The third-order valence-electron chi connectivity index (χ3n) is 5.53. The predicted molar refractivity (Wildman–Crippen MR) is 114 cm³/mol. The average molecular weight is 400 g/mol. The van der Waals surface area contributed by atoms with Gasteiger partial charge in [0.1, 0.15) is 5.82 Å². The molecule has 7 heteroatoms. The number of hydrogen-bond acceptors (Lipinski definition) is 6. The summed E-state index contributed by atoms with van der Waals surface area (Å²) in [6.45, 7) is 12.1. The molecule has 0 aliphatic carbocycles. The minimum absolute atomic E-state index is 0.159. The molecule has 1 atom stereocenters. The van der Waals surface area contributed by atoms with Crippen LogP contribution in [0.1, 0.15) is 62.3 Å². The Kier molecular flexibility index (Phi) is 7.25. The van der Waals surface area contributed by atoms with E-state index in [-0.39, 0.29) is 5.91 Å². The fraction of sp³-hybridized carbons (Fsp3) is 0.591. The highest BCUT2D eigenvalue weighted by atomic mass is 16.5. The van der Waals surface area contributed by atoms with Crippen molar-refractivity contribution in [2.75, 3.05) is 24.5 Å². The predicted octanol–water partition coefficient (Wildman–Crippen LogP) is 3.26. The van der Waals surface area contributed by atoms with Crippen molar-refractivity contribution in [1.29, 1.82) is 0 Å². The molecular weight excluding hydrogens is 366 g/mol. The van der Waals surface area contributed by atoms with Crippen molar-refractivity contribution in [2.24, 2.45) is 0 Å². The summed E-state index contributed by atoms with van der Waals surface area (Å²) in [5.41, 5.74) is 1.47. The molecule has 2 aromatic rings. The maximum Gasteiger partial charge on any atom is 0.253 e. The van der Waals surface area contributed by atoms with Gasteiger partial charge in [0.2, 0.25) is 0 Å². The summed E-state index contributed by atoms with van der Waals surface area (Å²) in [6.07, 6.45) is 4.68. The standard InChI is InChI=1S/C22H33N5O2/c1-5-7-18-12-20(29-25-18)14-24-22(28)17-8-9-21(23-13-17)26-10-11-27(16(3)4)19(6-2)15-26/h8-9,12-13,16,19H,5-7,10-11,14-15H2,1-4H3,(H,24,28). The van der Waals surface area contributed by atoms with E-state index in [1.807, 2.05) is 18.2 Å². The van der Waals surface area contributed by atoms with Gasteiger partial charge in [0.25, 0.3) is 5.91 Å². The van der Waals surface area contributed by atoms with Gasteiger partial charge in [-0.1, -0.05) is 25.4 Å². The molecule has 3 rings (SSSR count). The monoisotopic (exact) mass is 399 g/mol. The number of piperazine rings is 1. The summed E-state index contributed by atoms with van der Waals surface area (Å²) in [7, 11) is 0. The van der Waals surface area contributed by atoms with Gasteiger partial charge in [-0.05, 0) is 38.8 Å². The van der Waals surface area contributed by atoms with E-state index in [0.717, 1.165) is 50.4 Å². The number of nitrogens with one attached hydrogen (secondary N) is 1. The largest absolute Gasteiger partial charge is 0.359 e. The number of carbonyl (C=O) groups excluding carboxylic acids is 1. The quantitative estimate of drug-likeness (QED) is 0.734. The van der Waals surface area contributed by atoms with E-state index < -0.39 is 0 Å². The molecule has 158 valence electrons. The second-order valence-corrected chi connectivity index (χ2v) is 7.96. The van der Waals surface area contributed by atoms with Crippen LogP contribution in [-0.4, -0.2) is 52.7 Å². The Labute approximate surface area is 173 Å². The number of nitrogens with zero attached hydrogens (tertiary/aromatic N) is 4. The number of rotatable bonds is 8. The van der Waals surface area contributed by atoms with Crippen LogP contribution in [0.5, 0.6) is 0 Å². The van der Waals surface area contributed by atoms with Crippen LogP contribution in [0.4, 0.5) is 5.82 Å². The zero-order valence-corrected chi connectivity index (χ0v) is 18.0. The van der Waals surface area contributed by atoms with E-state index in [2.05, 4.69) is 53.0 Å². The van der Waals surface area contributed by atoms with Crippen molar-refractivity contribution >= 4 is 11.7 Å². The Morgan fingerprint density at radius 3 is 2.79 bits per heavy atom. The number of aryl methyl sites for hydroxylation is 1. The molecule has 1 aliphatic rings. The fourth-order valence-electron chi connectivity index (χ4n) is 3.91. The van der Waals surface area contributed by atoms with Crippen LogP contribution in [0.25, 0.3) is 0 Å². The highest BCUT2D eigenvalue weighted by Crippen LogP contribution is 2.20. The van der Waals surface area contributed by atoms with Crippen molar-refractivity contribution in [3.05, 3.63) is 41.4 Å². The molecule has 2 aromatic heterocycles. The van der Waals surface area contributed by atoms with Gasteiger partial charge in [0.15, 0.2) is 5.76 Å². The first-order valence-corrected chi connectivity index (χ1v) is 10.7. The Balaban J connectivity index is 1.55. The van der Waals surface area contributed by atoms with Gasteiger partial charge in [-0.25, -0.2) is 4.98 Å². The second kappa shape index (κ2) is 9.87. The minimum Gasteiger partial charge on any atom is -0.359 e. The lowest BCUT2D eigenvalue weighted by Crippen LogP contribution is -2.55. The zero-order valence-electron chi connectivity index (χ0n) is 18.0. The van der Waals surface area contributed by atoms with Crippen molar-refractivity contribution in [1.82, 2.24) is 20.4 Å². The molecule has 3 heterocycles. The lowest BCUT2D eigenvalue weighted by atomic mass is 10.1. The fourth-order valence-corrected chi connectivity index (χ4v) is 3.91. The van der Waals surface area contributed by atoms with Crippen LogP contribution in [0.15, 0.2) is 28.9 Å². The van der Waals surface area contributed by atoms with E-state index in [4.69, 9.17) is 4.52 Å².